The van der Waals surface area contributed by atoms with Crippen LogP contribution in [0.4, 0.5) is 0 Å². The van der Waals surface area contributed by atoms with E-state index in [-0.39, 0.29) is 0 Å². The standard InChI is InChI=1S/C12H17N3O.C4H6/c1-13-6-3-4-9-8-15-12-11(9)10(16-2)5-7-14-12;1-3-4-2/h5,7-8,13H,3-4,6H2,1-2H3,(H,14,15);3-4H,1-2H2. The average molecular weight is 273 g/mol. The molecule has 2 rings (SSSR count). The predicted molar refractivity (Wildman–Crippen MR) is 85.3 cm³/mol. The first-order valence-corrected chi connectivity index (χ1v) is 6.65. The molecule has 0 bridgehead atoms. The van der Waals surface area contributed by atoms with Crippen LogP contribution in [0.5, 0.6) is 5.75 Å². The molecule has 0 atom stereocenters. The van der Waals surface area contributed by atoms with E-state index in [2.05, 4.69) is 28.4 Å². The van der Waals surface area contributed by atoms with Gasteiger partial charge in [-0.1, -0.05) is 25.3 Å². The van der Waals surface area contributed by atoms with Crippen LogP contribution in [-0.2, 0) is 6.42 Å². The van der Waals surface area contributed by atoms with Gasteiger partial charge in [-0.15, -0.1) is 0 Å². The van der Waals surface area contributed by atoms with E-state index in [1.54, 1.807) is 25.5 Å². The summed E-state index contributed by atoms with van der Waals surface area (Å²) in [5.74, 6) is 0.894. The summed E-state index contributed by atoms with van der Waals surface area (Å²) in [7, 11) is 3.66. The molecular weight excluding hydrogens is 250 g/mol. The number of ether oxygens (including phenoxy) is 1. The Kier molecular flexibility index (Phi) is 7.14. The van der Waals surface area contributed by atoms with E-state index in [0.29, 0.717) is 0 Å². The molecule has 0 aliphatic heterocycles. The monoisotopic (exact) mass is 273 g/mol. The molecule has 0 saturated heterocycles. The minimum atomic E-state index is 0.894. The minimum absolute atomic E-state index is 0.894. The number of aryl methyl sites for hydroxylation is 1. The van der Waals surface area contributed by atoms with Gasteiger partial charge in [-0.25, -0.2) is 4.98 Å². The fourth-order valence-corrected chi connectivity index (χ4v) is 1.91. The summed E-state index contributed by atoms with van der Waals surface area (Å²) in [4.78, 5) is 7.47. The fourth-order valence-electron chi connectivity index (χ4n) is 1.91. The summed E-state index contributed by atoms with van der Waals surface area (Å²) in [6, 6.07) is 1.90. The van der Waals surface area contributed by atoms with Gasteiger partial charge in [-0.2, -0.15) is 0 Å². The molecule has 4 nitrogen and oxygen atoms in total. The number of allylic oxidation sites excluding steroid dienone is 2. The second kappa shape index (κ2) is 8.93. The van der Waals surface area contributed by atoms with Gasteiger partial charge in [-0.05, 0) is 38.1 Å². The molecular formula is C16H23N3O. The number of methoxy groups -OCH3 is 1. The lowest BCUT2D eigenvalue weighted by atomic mass is 10.1. The highest BCUT2D eigenvalue weighted by atomic mass is 16.5. The SMILES string of the molecule is C=CC=C.CNCCCc1c[nH]c2nccc(OC)c12. The van der Waals surface area contributed by atoms with Crippen LogP contribution in [0.1, 0.15) is 12.0 Å². The third-order valence-corrected chi connectivity index (χ3v) is 2.88. The van der Waals surface area contributed by atoms with E-state index in [0.717, 1.165) is 36.2 Å². The van der Waals surface area contributed by atoms with E-state index in [1.807, 2.05) is 19.3 Å². The maximum absolute atomic E-state index is 5.36. The number of H-pyrrole nitrogens is 1. The first-order chi connectivity index (χ1) is 9.78. The van der Waals surface area contributed by atoms with Crippen molar-refractivity contribution in [3.8, 4) is 5.75 Å². The van der Waals surface area contributed by atoms with Crippen molar-refractivity contribution in [1.82, 2.24) is 15.3 Å². The molecule has 2 aromatic heterocycles. The summed E-state index contributed by atoms with van der Waals surface area (Å²) in [6.07, 6.45) is 9.20. The fraction of sp³-hybridized carbons (Fsp3) is 0.312. The third kappa shape index (κ3) is 4.24. The van der Waals surface area contributed by atoms with Gasteiger partial charge in [0.2, 0.25) is 0 Å². The summed E-state index contributed by atoms with van der Waals surface area (Å²) >= 11 is 0. The Morgan fingerprint density at radius 3 is 2.75 bits per heavy atom. The Morgan fingerprint density at radius 1 is 1.40 bits per heavy atom. The zero-order chi connectivity index (χ0) is 14.8. The second-order valence-electron chi connectivity index (χ2n) is 4.23. The Hall–Kier alpha value is -2.07. The second-order valence-corrected chi connectivity index (χ2v) is 4.23. The van der Waals surface area contributed by atoms with Gasteiger partial charge < -0.3 is 15.0 Å². The quantitative estimate of drug-likeness (QED) is 0.628. The molecule has 0 aliphatic rings. The minimum Gasteiger partial charge on any atom is -0.496 e. The van der Waals surface area contributed by atoms with Gasteiger partial charge in [0.15, 0.2) is 0 Å². The predicted octanol–water partition coefficient (Wildman–Crippen LogP) is 3.08. The number of hydrogen-bond acceptors (Lipinski definition) is 3. The van der Waals surface area contributed by atoms with Gasteiger partial charge in [-0.3, -0.25) is 0 Å². The van der Waals surface area contributed by atoms with Gasteiger partial charge in [0.05, 0.1) is 12.5 Å². The smallest absolute Gasteiger partial charge is 0.141 e. The molecule has 2 heterocycles. The maximum Gasteiger partial charge on any atom is 0.141 e. The number of pyridine rings is 1. The van der Waals surface area contributed by atoms with Crippen molar-refractivity contribution in [2.24, 2.45) is 0 Å². The molecule has 108 valence electrons. The van der Waals surface area contributed by atoms with Crippen molar-refractivity contribution < 1.29 is 4.74 Å². The number of aromatic amines is 1. The van der Waals surface area contributed by atoms with Crippen molar-refractivity contribution in [3.05, 3.63) is 49.3 Å². The number of fused-ring (bicyclic) bond motifs is 1. The summed E-state index contributed by atoms with van der Waals surface area (Å²) in [6.45, 7) is 7.75. The van der Waals surface area contributed by atoms with Crippen LogP contribution >= 0.6 is 0 Å². The maximum atomic E-state index is 5.36. The van der Waals surface area contributed by atoms with E-state index >= 15 is 0 Å². The lowest BCUT2D eigenvalue weighted by molar-refractivity contribution is 0.419. The van der Waals surface area contributed by atoms with Gasteiger partial charge >= 0.3 is 0 Å². The lowest BCUT2D eigenvalue weighted by Crippen LogP contribution is -2.08. The van der Waals surface area contributed by atoms with Crippen LogP contribution in [0.25, 0.3) is 11.0 Å². The number of nitrogens with zero attached hydrogens (tertiary/aromatic N) is 1. The molecule has 2 aromatic rings. The van der Waals surface area contributed by atoms with Crippen LogP contribution < -0.4 is 10.1 Å². The number of aromatic nitrogens is 2. The number of hydrogen-bond donors (Lipinski definition) is 2. The van der Waals surface area contributed by atoms with Crippen molar-refractivity contribution in [2.75, 3.05) is 20.7 Å². The molecule has 20 heavy (non-hydrogen) atoms. The molecule has 0 amide bonds. The van der Waals surface area contributed by atoms with Crippen molar-refractivity contribution in [1.29, 1.82) is 0 Å². The zero-order valence-electron chi connectivity index (χ0n) is 12.3. The van der Waals surface area contributed by atoms with Crippen LogP contribution in [0.15, 0.2) is 43.8 Å². The molecule has 0 saturated carbocycles. The number of rotatable bonds is 6. The van der Waals surface area contributed by atoms with Gasteiger partial charge in [0, 0.05) is 12.4 Å². The van der Waals surface area contributed by atoms with Gasteiger partial charge in [0.1, 0.15) is 11.4 Å². The molecule has 0 spiro atoms. The van der Waals surface area contributed by atoms with Crippen molar-refractivity contribution in [2.45, 2.75) is 12.8 Å². The van der Waals surface area contributed by atoms with E-state index in [9.17, 15) is 0 Å². The van der Waals surface area contributed by atoms with E-state index in [1.165, 1.54) is 5.56 Å². The molecule has 0 aromatic carbocycles. The molecule has 0 aliphatic carbocycles. The normalized spacial score (nSPS) is 9.70. The van der Waals surface area contributed by atoms with Gasteiger partial charge in [0.25, 0.3) is 0 Å². The Labute approximate surface area is 120 Å². The highest BCUT2D eigenvalue weighted by Crippen LogP contribution is 2.27. The van der Waals surface area contributed by atoms with Crippen LogP contribution in [0.2, 0.25) is 0 Å². The summed E-state index contributed by atoms with van der Waals surface area (Å²) in [5, 5.41) is 4.26. The highest BCUT2D eigenvalue weighted by molar-refractivity contribution is 5.86. The van der Waals surface area contributed by atoms with Crippen LogP contribution in [0, 0.1) is 0 Å². The van der Waals surface area contributed by atoms with E-state index < -0.39 is 0 Å². The largest absolute Gasteiger partial charge is 0.496 e. The first-order valence-electron chi connectivity index (χ1n) is 6.65. The number of nitrogens with one attached hydrogen (secondary N) is 2. The van der Waals surface area contributed by atoms with Crippen LogP contribution in [0.3, 0.4) is 0 Å². The summed E-state index contributed by atoms with van der Waals surface area (Å²) < 4.78 is 5.36. The summed E-state index contributed by atoms with van der Waals surface area (Å²) in [5.41, 5.74) is 2.18. The Morgan fingerprint density at radius 2 is 2.15 bits per heavy atom. The topological polar surface area (TPSA) is 49.9 Å². The zero-order valence-corrected chi connectivity index (χ0v) is 12.3. The average Bonchev–Trinajstić information content (AvgIpc) is 2.91. The molecule has 0 radical (unpaired) electrons. The Balaban J connectivity index is 0.000000444. The Bertz CT molecular complexity index is 540. The first kappa shape index (κ1) is 16.0. The molecule has 4 heteroatoms. The van der Waals surface area contributed by atoms with Crippen molar-refractivity contribution >= 4 is 11.0 Å². The highest BCUT2D eigenvalue weighted by Gasteiger charge is 2.09. The molecule has 0 fully saturated rings. The molecule has 2 N–H and O–H groups in total. The molecule has 0 unspecified atom stereocenters. The third-order valence-electron chi connectivity index (χ3n) is 2.88. The van der Waals surface area contributed by atoms with Crippen LogP contribution in [-0.4, -0.2) is 30.7 Å². The van der Waals surface area contributed by atoms with Crippen molar-refractivity contribution in [3.63, 3.8) is 0 Å². The lowest BCUT2D eigenvalue weighted by Gasteiger charge is -2.04. The van der Waals surface area contributed by atoms with E-state index in [4.69, 9.17) is 4.74 Å².